The average molecular weight is 237 g/mol. The summed E-state index contributed by atoms with van der Waals surface area (Å²) >= 11 is 0. The Morgan fingerprint density at radius 1 is 1.35 bits per heavy atom. The number of methoxy groups -OCH3 is 2. The Kier molecular flexibility index (Phi) is 3.89. The SMILES string of the molecule is COC(=O)CC(C(=O)OC)=C1CC(C)(C#N)C1. The van der Waals surface area contributed by atoms with Crippen LogP contribution in [-0.4, -0.2) is 26.2 Å². The zero-order valence-corrected chi connectivity index (χ0v) is 10.2. The van der Waals surface area contributed by atoms with Crippen molar-refractivity contribution in [2.24, 2.45) is 5.41 Å². The third-order valence-corrected chi connectivity index (χ3v) is 2.88. The molecule has 0 aliphatic heterocycles. The highest BCUT2D eigenvalue weighted by atomic mass is 16.5. The lowest BCUT2D eigenvalue weighted by atomic mass is 9.66. The smallest absolute Gasteiger partial charge is 0.334 e. The molecule has 1 saturated carbocycles. The lowest BCUT2D eigenvalue weighted by molar-refractivity contribution is -0.143. The van der Waals surface area contributed by atoms with Crippen LogP contribution < -0.4 is 0 Å². The summed E-state index contributed by atoms with van der Waals surface area (Å²) in [6.07, 6.45) is 0.913. The molecule has 1 aliphatic rings. The molecule has 0 aromatic carbocycles. The van der Waals surface area contributed by atoms with Gasteiger partial charge in [0.2, 0.25) is 0 Å². The molecule has 0 aromatic rings. The Hall–Kier alpha value is -1.83. The maximum atomic E-state index is 11.5. The highest BCUT2D eigenvalue weighted by Crippen LogP contribution is 2.46. The molecule has 5 heteroatoms. The predicted molar refractivity (Wildman–Crippen MR) is 58.6 cm³/mol. The van der Waals surface area contributed by atoms with E-state index in [1.54, 1.807) is 0 Å². The highest BCUT2D eigenvalue weighted by Gasteiger charge is 2.39. The first kappa shape index (κ1) is 13.2. The van der Waals surface area contributed by atoms with Crippen LogP contribution in [0.2, 0.25) is 0 Å². The van der Waals surface area contributed by atoms with Gasteiger partial charge in [0.25, 0.3) is 0 Å². The fraction of sp³-hybridized carbons (Fsp3) is 0.583. The molecule has 1 fully saturated rings. The standard InChI is InChI=1S/C12H15NO4/c1-12(7-13)5-8(6-12)9(11(15)17-3)4-10(14)16-2/h4-6H2,1-3H3. The number of nitrogens with zero attached hydrogens (tertiary/aromatic N) is 1. The van der Waals surface area contributed by atoms with Crippen LogP contribution >= 0.6 is 0 Å². The zero-order chi connectivity index (χ0) is 13.1. The number of allylic oxidation sites excluding steroid dienone is 1. The van der Waals surface area contributed by atoms with E-state index in [-0.39, 0.29) is 6.42 Å². The molecule has 0 unspecified atom stereocenters. The van der Waals surface area contributed by atoms with Gasteiger partial charge in [0, 0.05) is 5.57 Å². The molecule has 92 valence electrons. The van der Waals surface area contributed by atoms with Gasteiger partial charge in [-0.25, -0.2) is 4.79 Å². The second-order valence-corrected chi connectivity index (χ2v) is 4.35. The Morgan fingerprint density at radius 3 is 2.35 bits per heavy atom. The molecule has 0 amide bonds. The van der Waals surface area contributed by atoms with Crippen molar-refractivity contribution in [1.82, 2.24) is 0 Å². The van der Waals surface area contributed by atoms with Crippen molar-refractivity contribution in [2.75, 3.05) is 14.2 Å². The van der Waals surface area contributed by atoms with Crippen LogP contribution in [0.1, 0.15) is 26.2 Å². The number of carbonyl (C=O) groups excluding carboxylic acids is 2. The van der Waals surface area contributed by atoms with Gasteiger partial charge >= 0.3 is 11.9 Å². The molecule has 0 heterocycles. The molecule has 0 atom stereocenters. The maximum absolute atomic E-state index is 11.5. The number of esters is 2. The van der Waals surface area contributed by atoms with Gasteiger partial charge in [0.05, 0.1) is 32.1 Å². The second kappa shape index (κ2) is 5.00. The number of hydrogen-bond acceptors (Lipinski definition) is 5. The predicted octanol–water partition coefficient (Wildman–Crippen LogP) is 1.34. The van der Waals surface area contributed by atoms with Gasteiger partial charge in [0.15, 0.2) is 0 Å². The molecule has 0 spiro atoms. The summed E-state index contributed by atoms with van der Waals surface area (Å²) < 4.78 is 9.16. The number of ether oxygens (including phenoxy) is 2. The van der Waals surface area contributed by atoms with E-state index in [1.165, 1.54) is 14.2 Å². The van der Waals surface area contributed by atoms with Gasteiger partial charge in [-0.1, -0.05) is 5.57 Å². The summed E-state index contributed by atoms with van der Waals surface area (Å²) in [5.74, 6) is -1.01. The van der Waals surface area contributed by atoms with Crippen LogP contribution in [-0.2, 0) is 19.1 Å². The average Bonchev–Trinajstić information content (AvgIpc) is 2.30. The first-order valence-electron chi connectivity index (χ1n) is 5.23. The number of hydrogen-bond donors (Lipinski definition) is 0. The lowest BCUT2D eigenvalue weighted by Gasteiger charge is -2.35. The van der Waals surface area contributed by atoms with Crippen molar-refractivity contribution in [3.05, 3.63) is 11.1 Å². The van der Waals surface area contributed by atoms with E-state index >= 15 is 0 Å². The van der Waals surface area contributed by atoms with Crippen molar-refractivity contribution in [3.8, 4) is 6.07 Å². The molecule has 17 heavy (non-hydrogen) atoms. The minimum absolute atomic E-state index is 0.0972. The fourth-order valence-corrected chi connectivity index (χ4v) is 1.86. The van der Waals surface area contributed by atoms with Crippen molar-refractivity contribution in [1.29, 1.82) is 5.26 Å². The van der Waals surface area contributed by atoms with Gasteiger partial charge in [-0.15, -0.1) is 0 Å². The van der Waals surface area contributed by atoms with Crippen molar-refractivity contribution in [3.63, 3.8) is 0 Å². The molecule has 0 N–H and O–H groups in total. The van der Waals surface area contributed by atoms with E-state index in [0.717, 1.165) is 5.57 Å². The van der Waals surface area contributed by atoms with Gasteiger partial charge in [-0.3, -0.25) is 4.79 Å². The topological polar surface area (TPSA) is 76.4 Å². The van der Waals surface area contributed by atoms with Crippen molar-refractivity contribution >= 4 is 11.9 Å². The molecule has 5 nitrogen and oxygen atoms in total. The van der Waals surface area contributed by atoms with Crippen molar-refractivity contribution in [2.45, 2.75) is 26.2 Å². The van der Waals surface area contributed by atoms with Crippen LogP contribution in [0.25, 0.3) is 0 Å². The van der Waals surface area contributed by atoms with Crippen LogP contribution in [0.3, 0.4) is 0 Å². The number of rotatable bonds is 3. The molecule has 0 bridgehead atoms. The van der Waals surface area contributed by atoms with Crippen LogP contribution in [0.15, 0.2) is 11.1 Å². The van der Waals surface area contributed by atoms with E-state index < -0.39 is 17.4 Å². The third kappa shape index (κ3) is 2.84. The van der Waals surface area contributed by atoms with E-state index in [9.17, 15) is 9.59 Å². The van der Waals surface area contributed by atoms with Gasteiger partial charge in [-0.2, -0.15) is 5.26 Å². The third-order valence-electron chi connectivity index (χ3n) is 2.88. The Labute approximate surface area is 100 Å². The lowest BCUT2D eigenvalue weighted by Crippen LogP contribution is -2.29. The monoisotopic (exact) mass is 237 g/mol. The Morgan fingerprint density at radius 2 is 1.94 bits per heavy atom. The second-order valence-electron chi connectivity index (χ2n) is 4.35. The molecule has 1 aliphatic carbocycles. The molecular weight excluding hydrogens is 222 g/mol. The fourth-order valence-electron chi connectivity index (χ4n) is 1.86. The van der Waals surface area contributed by atoms with E-state index in [4.69, 9.17) is 5.26 Å². The maximum Gasteiger partial charge on any atom is 0.334 e. The molecule has 0 aromatic heterocycles. The van der Waals surface area contributed by atoms with Crippen LogP contribution in [0, 0.1) is 16.7 Å². The Balaban J connectivity index is 2.87. The summed E-state index contributed by atoms with van der Waals surface area (Å²) in [6, 6.07) is 2.18. The summed E-state index contributed by atoms with van der Waals surface area (Å²) in [4.78, 5) is 22.7. The molecule has 0 radical (unpaired) electrons. The summed E-state index contributed by atoms with van der Waals surface area (Å²) in [5, 5.41) is 8.89. The normalized spacial score (nSPS) is 22.1. The molecule has 1 rings (SSSR count). The number of nitriles is 1. The zero-order valence-electron chi connectivity index (χ0n) is 10.2. The first-order valence-corrected chi connectivity index (χ1v) is 5.23. The van der Waals surface area contributed by atoms with E-state index in [0.29, 0.717) is 18.4 Å². The molecule has 0 saturated heterocycles. The van der Waals surface area contributed by atoms with E-state index in [1.807, 2.05) is 6.92 Å². The molecular formula is C12H15NO4. The number of carbonyl (C=O) groups is 2. The van der Waals surface area contributed by atoms with Crippen LogP contribution in [0.5, 0.6) is 0 Å². The highest BCUT2D eigenvalue weighted by molar-refractivity contribution is 5.94. The largest absolute Gasteiger partial charge is 0.469 e. The van der Waals surface area contributed by atoms with Crippen molar-refractivity contribution < 1.29 is 19.1 Å². The quantitative estimate of drug-likeness (QED) is 0.547. The first-order chi connectivity index (χ1) is 7.95. The Bertz CT molecular complexity index is 409. The minimum atomic E-state index is -0.523. The van der Waals surface area contributed by atoms with Gasteiger partial charge in [-0.05, 0) is 19.8 Å². The minimum Gasteiger partial charge on any atom is -0.469 e. The van der Waals surface area contributed by atoms with Gasteiger partial charge in [0.1, 0.15) is 0 Å². The summed E-state index contributed by atoms with van der Waals surface area (Å²) in [6.45, 7) is 1.82. The summed E-state index contributed by atoms with van der Waals surface area (Å²) in [7, 11) is 2.53. The summed E-state index contributed by atoms with van der Waals surface area (Å²) in [5.41, 5.74) is 0.712. The van der Waals surface area contributed by atoms with E-state index in [2.05, 4.69) is 15.5 Å². The van der Waals surface area contributed by atoms with Gasteiger partial charge < -0.3 is 9.47 Å². The van der Waals surface area contributed by atoms with Crippen LogP contribution in [0.4, 0.5) is 0 Å².